The molecular weight excluding hydrogens is 397 g/mol. The summed E-state index contributed by atoms with van der Waals surface area (Å²) in [6.45, 7) is -0.299. The number of amides is 1. The highest BCUT2D eigenvalue weighted by atomic mass is 19.1. The number of nitrogens with one attached hydrogen (secondary N) is 1. The van der Waals surface area contributed by atoms with E-state index in [2.05, 4.69) is 29.6 Å². The largest absolute Gasteiger partial charge is 0.482 e. The first-order valence-corrected chi connectivity index (χ1v) is 10.0. The van der Waals surface area contributed by atoms with Gasteiger partial charge in [-0.2, -0.15) is 0 Å². The minimum absolute atomic E-state index is 0.148. The molecule has 160 valence electrons. The second kappa shape index (κ2) is 11.5. The molecule has 0 bridgehead atoms. The normalized spacial score (nSPS) is 10.5. The molecule has 5 nitrogen and oxygen atoms in total. The van der Waals surface area contributed by atoms with Crippen molar-refractivity contribution in [2.24, 2.45) is 0 Å². The number of carbonyl (C=O) groups excluding carboxylic acids is 2. The molecule has 3 aromatic carbocycles. The number of hydrogen-bond acceptors (Lipinski definition) is 4. The quantitative estimate of drug-likeness (QED) is 0.501. The molecular formula is C25H24FNO4. The molecule has 1 N–H and O–H groups in total. The Kier molecular flexibility index (Phi) is 8.17. The molecule has 0 spiro atoms. The molecule has 6 heteroatoms. The first kappa shape index (κ1) is 22.0. The molecule has 0 radical (unpaired) electrons. The topological polar surface area (TPSA) is 64.6 Å². The van der Waals surface area contributed by atoms with Crippen LogP contribution in [0.3, 0.4) is 0 Å². The van der Waals surface area contributed by atoms with Crippen LogP contribution in [0.5, 0.6) is 5.75 Å². The number of benzene rings is 3. The molecule has 31 heavy (non-hydrogen) atoms. The van der Waals surface area contributed by atoms with Crippen molar-refractivity contribution in [2.45, 2.75) is 12.3 Å². The molecule has 0 unspecified atom stereocenters. The van der Waals surface area contributed by atoms with Crippen LogP contribution in [0.1, 0.15) is 23.5 Å². The molecule has 0 aliphatic rings. The average molecular weight is 421 g/mol. The van der Waals surface area contributed by atoms with E-state index in [1.54, 1.807) is 0 Å². The van der Waals surface area contributed by atoms with Crippen molar-refractivity contribution in [2.75, 3.05) is 19.8 Å². The van der Waals surface area contributed by atoms with Gasteiger partial charge in [-0.15, -0.1) is 0 Å². The third-order valence-electron chi connectivity index (χ3n) is 4.69. The van der Waals surface area contributed by atoms with E-state index in [0.29, 0.717) is 18.7 Å². The molecule has 0 saturated carbocycles. The first-order valence-electron chi connectivity index (χ1n) is 10.0. The summed E-state index contributed by atoms with van der Waals surface area (Å²) in [4.78, 5) is 23.8. The Morgan fingerprint density at radius 2 is 1.39 bits per heavy atom. The highest BCUT2D eigenvalue weighted by molar-refractivity contribution is 5.80. The monoisotopic (exact) mass is 421 g/mol. The summed E-state index contributed by atoms with van der Waals surface area (Å²) in [5.74, 6) is -0.959. The maximum atomic E-state index is 12.8. The third kappa shape index (κ3) is 7.26. The van der Waals surface area contributed by atoms with Gasteiger partial charge in [-0.3, -0.25) is 4.79 Å². The van der Waals surface area contributed by atoms with Crippen LogP contribution in [0, 0.1) is 5.82 Å². The molecule has 0 aliphatic carbocycles. The summed E-state index contributed by atoms with van der Waals surface area (Å²) in [7, 11) is 0. The number of ether oxygens (including phenoxy) is 2. The smallest absolute Gasteiger partial charge is 0.344 e. The van der Waals surface area contributed by atoms with Crippen molar-refractivity contribution >= 4 is 11.9 Å². The molecule has 0 aliphatic heterocycles. The van der Waals surface area contributed by atoms with Gasteiger partial charge in [0.15, 0.2) is 13.2 Å². The summed E-state index contributed by atoms with van der Waals surface area (Å²) >= 11 is 0. The summed E-state index contributed by atoms with van der Waals surface area (Å²) in [5.41, 5.74) is 2.35. The van der Waals surface area contributed by atoms with Crippen LogP contribution in [-0.4, -0.2) is 31.6 Å². The molecule has 0 atom stereocenters. The second-order valence-electron chi connectivity index (χ2n) is 6.92. The SMILES string of the molecule is O=C(COC(=O)COc1ccc(F)cc1)NCCC(c1ccccc1)c1ccccc1. The standard InChI is InChI=1S/C25H24FNO4/c26-21-11-13-22(14-12-21)30-18-25(29)31-17-24(28)27-16-15-23(19-7-3-1-4-8-19)20-9-5-2-6-10-20/h1-14,23H,15-18H2,(H,27,28). The Hall–Kier alpha value is -3.67. The van der Waals surface area contributed by atoms with E-state index in [9.17, 15) is 14.0 Å². The van der Waals surface area contributed by atoms with E-state index >= 15 is 0 Å². The van der Waals surface area contributed by atoms with E-state index < -0.39 is 11.8 Å². The van der Waals surface area contributed by atoms with Gasteiger partial charge in [0.1, 0.15) is 11.6 Å². The van der Waals surface area contributed by atoms with Crippen LogP contribution < -0.4 is 10.1 Å². The summed E-state index contributed by atoms with van der Waals surface area (Å²) < 4.78 is 23.0. The van der Waals surface area contributed by atoms with Gasteiger partial charge in [0.2, 0.25) is 0 Å². The lowest BCUT2D eigenvalue weighted by atomic mass is 9.88. The van der Waals surface area contributed by atoms with Crippen molar-refractivity contribution in [1.29, 1.82) is 0 Å². The fraction of sp³-hybridized carbons (Fsp3) is 0.200. The van der Waals surface area contributed by atoms with Crippen LogP contribution >= 0.6 is 0 Å². The van der Waals surface area contributed by atoms with Gasteiger partial charge >= 0.3 is 5.97 Å². The predicted octanol–water partition coefficient (Wildman–Crippen LogP) is 4.09. The first-order chi connectivity index (χ1) is 15.1. The average Bonchev–Trinajstić information content (AvgIpc) is 2.81. The van der Waals surface area contributed by atoms with E-state index in [1.807, 2.05) is 36.4 Å². The lowest BCUT2D eigenvalue weighted by Crippen LogP contribution is -2.31. The Balaban J connectivity index is 1.42. The van der Waals surface area contributed by atoms with Crippen LogP contribution in [-0.2, 0) is 14.3 Å². The third-order valence-corrected chi connectivity index (χ3v) is 4.69. The van der Waals surface area contributed by atoms with Crippen LogP contribution in [0.2, 0.25) is 0 Å². The van der Waals surface area contributed by atoms with Crippen molar-refractivity contribution < 1.29 is 23.5 Å². The minimum atomic E-state index is -0.675. The van der Waals surface area contributed by atoms with Gasteiger partial charge in [-0.05, 0) is 41.8 Å². The van der Waals surface area contributed by atoms with Crippen LogP contribution in [0.15, 0.2) is 84.9 Å². The Labute approximate surface area is 180 Å². The van der Waals surface area contributed by atoms with Gasteiger partial charge < -0.3 is 14.8 Å². The highest BCUT2D eigenvalue weighted by Gasteiger charge is 2.15. The Morgan fingerprint density at radius 1 is 0.806 bits per heavy atom. The van der Waals surface area contributed by atoms with Crippen molar-refractivity contribution in [3.05, 3.63) is 102 Å². The van der Waals surface area contributed by atoms with Gasteiger partial charge in [-0.1, -0.05) is 60.7 Å². The summed E-state index contributed by atoms with van der Waals surface area (Å²) in [6, 6.07) is 25.5. The zero-order valence-corrected chi connectivity index (χ0v) is 17.0. The molecule has 1 amide bonds. The summed E-state index contributed by atoms with van der Waals surface area (Å²) in [5, 5.41) is 2.79. The number of halogens is 1. The predicted molar refractivity (Wildman–Crippen MR) is 115 cm³/mol. The second-order valence-corrected chi connectivity index (χ2v) is 6.92. The van der Waals surface area contributed by atoms with Gasteiger partial charge in [-0.25, -0.2) is 9.18 Å². The minimum Gasteiger partial charge on any atom is -0.482 e. The number of esters is 1. The zero-order valence-electron chi connectivity index (χ0n) is 17.0. The Morgan fingerprint density at radius 3 is 1.97 bits per heavy atom. The van der Waals surface area contributed by atoms with E-state index in [1.165, 1.54) is 35.4 Å². The Bertz CT molecular complexity index is 922. The number of rotatable bonds is 10. The molecule has 0 fully saturated rings. The molecule has 3 rings (SSSR count). The zero-order chi connectivity index (χ0) is 21.9. The number of carbonyl (C=O) groups is 2. The fourth-order valence-electron chi connectivity index (χ4n) is 3.16. The van der Waals surface area contributed by atoms with Gasteiger partial charge in [0, 0.05) is 12.5 Å². The van der Waals surface area contributed by atoms with E-state index in [0.717, 1.165) is 0 Å². The molecule has 0 heterocycles. The molecule has 3 aromatic rings. The lowest BCUT2D eigenvalue weighted by Gasteiger charge is -2.18. The van der Waals surface area contributed by atoms with E-state index in [-0.39, 0.29) is 25.0 Å². The maximum Gasteiger partial charge on any atom is 0.344 e. The van der Waals surface area contributed by atoms with Crippen molar-refractivity contribution in [3.63, 3.8) is 0 Å². The van der Waals surface area contributed by atoms with Gasteiger partial charge in [0.25, 0.3) is 5.91 Å². The van der Waals surface area contributed by atoms with Crippen LogP contribution in [0.25, 0.3) is 0 Å². The van der Waals surface area contributed by atoms with E-state index in [4.69, 9.17) is 9.47 Å². The fourth-order valence-corrected chi connectivity index (χ4v) is 3.16. The molecule has 0 aromatic heterocycles. The maximum absolute atomic E-state index is 12.8. The van der Waals surface area contributed by atoms with Crippen LogP contribution in [0.4, 0.5) is 4.39 Å². The van der Waals surface area contributed by atoms with Crippen molar-refractivity contribution in [3.8, 4) is 5.75 Å². The van der Waals surface area contributed by atoms with Crippen molar-refractivity contribution in [1.82, 2.24) is 5.32 Å². The number of hydrogen-bond donors (Lipinski definition) is 1. The van der Waals surface area contributed by atoms with Gasteiger partial charge in [0.05, 0.1) is 0 Å². The lowest BCUT2D eigenvalue weighted by molar-refractivity contribution is -0.150. The molecule has 0 saturated heterocycles. The summed E-state index contributed by atoms with van der Waals surface area (Å²) in [6.07, 6.45) is 0.710. The highest BCUT2D eigenvalue weighted by Crippen LogP contribution is 2.27.